The van der Waals surface area contributed by atoms with Crippen LogP contribution in [0.15, 0.2) is 11.8 Å². The van der Waals surface area contributed by atoms with Gasteiger partial charge in [0.2, 0.25) is 0 Å². The third-order valence-electron chi connectivity index (χ3n) is 2.05. The third kappa shape index (κ3) is 8.24. The summed E-state index contributed by atoms with van der Waals surface area (Å²) in [6.45, 7) is 11.1. The number of esters is 1. The van der Waals surface area contributed by atoms with Crippen molar-refractivity contribution in [3.8, 4) is 0 Å². The van der Waals surface area contributed by atoms with Gasteiger partial charge < -0.3 is 10.5 Å². The van der Waals surface area contributed by atoms with Gasteiger partial charge in [-0.1, -0.05) is 33.5 Å². The molecule has 0 aromatic rings. The lowest BCUT2D eigenvalue weighted by atomic mass is 10.1. The molecule has 3 nitrogen and oxygen atoms in total. The quantitative estimate of drug-likeness (QED) is 0.447. The van der Waals surface area contributed by atoms with E-state index in [1.165, 1.54) is 6.08 Å². The van der Waals surface area contributed by atoms with Crippen LogP contribution >= 0.6 is 0 Å². The average Bonchev–Trinajstić information content (AvgIpc) is 2.01. The number of allylic oxidation sites excluding steroid dienone is 1. The van der Waals surface area contributed by atoms with E-state index in [2.05, 4.69) is 19.6 Å². The fourth-order valence-corrected chi connectivity index (χ4v) is 1.52. The van der Waals surface area contributed by atoms with Crippen LogP contribution in [0.2, 0.25) is 25.7 Å². The second kappa shape index (κ2) is 5.95. The van der Waals surface area contributed by atoms with E-state index in [9.17, 15) is 4.79 Å². The smallest absolute Gasteiger partial charge is 0.332 e. The average molecular weight is 229 g/mol. The largest absolute Gasteiger partial charge is 0.463 e. The molecule has 0 aromatic heterocycles. The molecule has 0 aliphatic heterocycles. The fourth-order valence-electron chi connectivity index (χ4n) is 0.802. The van der Waals surface area contributed by atoms with E-state index in [4.69, 9.17) is 10.5 Å². The van der Waals surface area contributed by atoms with Crippen molar-refractivity contribution in [3.63, 3.8) is 0 Å². The molecule has 0 saturated heterocycles. The zero-order chi connectivity index (χ0) is 12.1. The molecule has 0 aliphatic carbocycles. The summed E-state index contributed by atoms with van der Waals surface area (Å²) in [6, 6.07) is 0.994. The van der Waals surface area contributed by atoms with Gasteiger partial charge in [0.15, 0.2) is 0 Å². The van der Waals surface area contributed by atoms with E-state index in [1.54, 1.807) is 0 Å². The van der Waals surface area contributed by atoms with Crippen molar-refractivity contribution in [3.05, 3.63) is 11.8 Å². The number of rotatable bonds is 5. The normalized spacial score (nSPS) is 13.1. The highest BCUT2D eigenvalue weighted by molar-refractivity contribution is 6.76. The first-order chi connectivity index (χ1) is 6.72. The molecule has 0 aromatic carbocycles. The lowest BCUT2D eigenvalue weighted by Gasteiger charge is -2.14. The summed E-state index contributed by atoms with van der Waals surface area (Å²) >= 11 is 0. The van der Waals surface area contributed by atoms with Gasteiger partial charge in [0.1, 0.15) is 0 Å². The second-order valence-corrected chi connectivity index (χ2v) is 10.9. The molecule has 0 bridgehead atoms. The summed E-state index contributed by atoms with van der Waals surface area (Å²) in [6.07, 6.45) is 1.38. The fraction of sp³-hybridized carbons (Fsp3) is 0.727. The molecule has 4 heteroatoms. The number of nitrogens with two attached hydrogens (primary N) is 1. The monoisotopic (exact) mass is 229 g/mol. The first-order valence-electron chi connectivity index (χ1n) is 5.36. The molecule has 0 heterocycles. The van der Waals surface area contributed by atoms with Crippen LogP contribution in [0.25, 0.3) is 0 Å². The first kappa shape index (κ1) is 14.2. The predicted octanol–water partition coefficient (Wildman–Crippen LogP) is 2.37. The Morgan fingerprint density at radius 3 is 2.33 bits per heavy atom. The van der Waals surface area contributed by atoms with Crippen molar-refractivity contribution in [2.75, 3.05) is 6.61 Å². The summed E-state index contributed by atoms with van der Waals surface area (Å²) in [5.74, 6) is -0.131. The van der Waals surface area contributed by atoms with Gasteiger partial charge in [-0.05, 0) is 12.0 Å². The van der Waals surface area contributed by atoms with Crippen molar-refractivity contribution in [2.45, 2.75) is 39.5 Å². The molecule has 0 atom stereocenters. The minimum absolute atomic E-state index is 0.189. The Bertz CT molecular complexity index is 241. The zero-order valence-electron chi connectivity index (χ0n) is 10.5. The second-order valence-electron chi connectivity index (χ2n) is 5.28. The van der Waals surface area contributed by atoms with Gasteiger partial charge in [0, 0.05) is 19.8 Å². The van der Waals surface area contributed by atoms with E-state index in [1.807, 2.05) is 13.8 Å². The molecule has 0 unspecified atom stereocenters. The zero-order valence-corrected chi connectivity index (χ0v) is 11.5. The molecule has 0 radical (unpaired) electrons. The van der Waals surface area contributed by atoms with Crippen LogP contribution in [0, 0.1) is 5.92 Å². The van der Waals surface area contributed by atoms with Crippen LogP contribution < -0.4 is 5.73 Å². The van der Waals surface area contributed by atoms with Gasteiger partial charge >= 0.3 is 5.97 Å². The molecule has 2 N–H and O–H groups in total. The van der Waals surface area contributed by atoms with Crippen molar-refractivity contribution in [2.24, 2.45) is 11.7 Å². The summed E-state index contributed by atoms with van der Waals surface area (Å²) in [5, 5.41) is 0. The highest BCUT2D eigenvalue weighted by Gasteiger charge is 2.13. The van der Waals surface area contributed by atoms with Crippen molar-refractivity contribution < 1.29 is 9.53 Å². The molecule has 0 fully saturated rings. The van der Waals surface area contributed by atoms with Gasteiger partial charge in [-0.3, -0.25) is 0 Å². The van der Waals surface area contributed by atoms with Gasteiger partial charge in [-0.25, -0.2) is 4.79 Å². The van der Waals surface area contributed by atoms with Crippen LogP contribution in [0.1, 0.15) is 13.8 Å². The molecule has 0 spiro atoms. The Labute approximate surface area is 93.7 Å². The maximum Gasteiger partial charge on any atom is 0.332 e. The molecule has 0 aliphatic rings. The van der Waals surface area contributed by atoms with Gasteiger partial charge in [-0.2, -0.15) is 0 Å². The van der Waals surface area contributed by atoms with Crippen LogP contribution in [0.3, 0.4) is 0 Å². The van der Waals surface area contributed by atoms with E-state index in [0.29, 0.717) is 12.3 Å². The van der Waals surface area contributed by atoms with E-state index in [-0.39, 0.29) is 11.9 Å². The Morgan fingerprint density at radius 2 is 1.93 bits per heavy atom. The van der Waals surface area contributed by atoms with Gasteiger partial charge in [0.25, 0.3) is 0 Å². The Hall–Kier alpha value is -0.773. The van der Waals surface area contributed by atoms with E-state index in [0.717, 1.165) is 6.04 Å². The van der Waals surface area contributed by atoms with E-state index >= 15 is 0 Å². The van der Waals surface area contributed by atoms with Crippen molar-refractivity contribution in [1.29, 1.82) is 0 Å². The molecule has 0 amide bonds. The number of carbonyl (C=O) groups excluding carboxylic acids is 1. The van der Waals surface area contributed by atoms with Crippen LogP contribution in [0.5, 0.6) is 0 Å². The van der Waals surface area contributed by atoms with Crippen LogP contribution in [-0.2, 0) is 9.53 Å². The molecule has 0 saturated carbocycles. The summed E-state index contributed by atoms with van der Waals surface area (Å²) in [5.41, 5.74) is 6.22. The van der Waals surface area contributed by atoms with Gasteiger partial charge in [-0.15, -0.1) is 0 Å². The molecule has 88 valence electrons. The summed E-state index contributed by atoms with van der Waals surface area (Å²) in [7, 11) is -1.11. The Balaban J connectivity index is 3.91. The van der Waals surface area contributed by atoms with Gasteiger partial charge in [0.05, 0.1) is 6.61 Å². The highest BCUT2D eigenvalue weighted by Crippen LogP contribution is 2.08. The molecule has 0 rings (SSSR count). The van der Waals surface area contributed by atoms with Crippen LogP contribution in [-0.4, -0.2) is 20.7 Å². The predicted molar refractivity (Wildman–Crippen MR) is 66.2 cm³/mol. The maximum atomic E-state index is 11.3. The summed E-state index contributed by atoms with van der Waals surface area (Å²) < 4.78 is 5.08. The minimum atomic E-state index is -1.11. The highest BCUT2D eigenvalue weighted by atomic mass is 28.3. The summed E-state index contributed by atoms with van der Waals surface area (Å²) in [4.78, 5) is 11.3. The third-order valence-corrected chi connectivity index (χ3v) is 3.75. The van der Waals surface area contributed by atoms with Crippen LogP contribution in [0.4, 0.5) is 0 Å². The number of hydrogen-bond acceptors (Lipinski definition) is 3. The first-order valence-corrected chi connectivity index (χ1v) is 9.07. The lowest BCUT2D eigenvalue weighted by Crippen LogP contribution is -2.22. The standard InChI is InChI=1S/C11H23NO2Si/c1-9(2)10(12)8-11(13)14-6-7-15(3,4)5/h8-9H,6-7,12H2,1-5H3. The lowest BCUT2D eigenvalue weighted by molar-refractivity contribution is -0.137. The topological polar surface area (TPSA) is 52.3 Å². The van der Waals surface area contributed by atoms with Crippen molar-refractivity contribution in [1.82, 2.24) is 0 Å². The SMILES string of the molecule is CC(C)C(N)=CC(=O)OCC[Si](C)(C)C. The Kier molecular flexibility index (Phi) is 5.65. The molecule has 15 heavy (non-hydrogen) atoms. The maximum absolute atomic E-state index is 11.3. The Morgan fingerprint density at radius 1 is 1.40 bits per heavy atom. The number of ether oxygens (including phenoxy) is 1. The molecular formula is C11H23NO2Si. The van der Waals surface area contributed by atoms with Crippen molar-refractivity contribution >= 4 is 14.0 Å². The van der Waals surface area contributed by atoms with E-state index < -0.39 is 8.07 Å². The minimum Gasteiger partial charge on any atom is -0.463 e. The number of hydrogen-bond donors (Lipinski definition) is 1. The molecular weight excluding hydrogens is 206 g/mol. The number of carbonyl (C=O) groups is 1.